The van der Waals surface area contributed by atoms with Crippen LogP contribution in [0.4, 0.5) is 10.1 Å². The Labute approximate surface area is 155 Å². The number of carbonyl (C=O) groups is 1. The van der Waals surface area contributed by atoms with Gasteiger partial charge >= 0.3 is 0 Å². The zero-order chi connectivity index (χ0) is 19.1. The number of likely N-dealkylation sites (N-methyl/N-ethyl adjacent to an activating group) is 1. The van der Waals surface area contributed by atoms with E-state index in [2.05, 4.69) is 20.5 Å². The van der Waals surface area contributed by atoms with Crippen molar-refractivity contribution in [2.45, 2.75) is 32.7 Å². The van der Waals surface area contributed by atoms with E-state index in [0.717, 1.165) is 43.7 Å². The Balaban J connectivity index is 2.02. The predicted octanol–water partition coefficient (Wildman–Crippen LogP) is 1.75. The predicted molar refractivity (Wildman–Crippen MR) is 104 cm³/mol. The van der Waals surface area contributed by atoms with E-state index in [1.54, 1.807) is 20.2 Å². The van der Waals surface area contributed by atoms with Crippen molar-refractivity contribution >= 4 is 17.6 Å². The quantitative estimate of drug-likeness (QED) is 0.618. The summed E-state index contributed by atoms with van der Waals surface area (Å²) in [6, 6.07) is 5.16. The molecule has 0 spiro atoms. The average molecular weight is 363 g/mol. The molecule has 0 saturated carbocycles. The Kier molecular flexibility index (Phi) is 7.24. The van der Waals surface area contributed by atoms with Gasteiger partial charge in [0, 0.05) is 45.5 Å². The standard InChI is InChI=1S/C19H30FN5O/c1-5-21-19(22-12-18(26)24(3)4)23-16-7-6-10-25(13-16)17-9-8-15(20)11-14(17)2/h8-9,11,16H,5-7,10,12-13H2,1-4H3,(H2,21,22,23). The number of guanidine groups is 1. The molecule has 1 atom stereocenters. The molecule has 144 valence electrons. The zero-order valence-electron chi connectivity index (χ0n) is 16.2. The molecule has 26 heavy (non-hydrogen) atoms. The van der Waals surface area contributed by atoms with E-state index in [0.29, 0.717) is 5.96 Å². The van der Waals surface area contributed by atoms with Crippen LogP contribution >= 0.6 is 0 Å². The number of carbonyl (C=O) groups excluding carboxylic acids is 1. The fourth-order valence-corrected chi connectivity index (χ4v) is 3.09. The van der Waals surface area contributed by atoms with Gasteiger partial charge in [-0.1, -0.05) is 0 Å². The van der Waals surface area contributed by atoms with Crippen molar-refractivity contribution < 1.29 is 9.18 Å². The SMILES string of the molecule is CCNC(=NCC(=O)N(C)C)NC1CCCN(c2ccc(F)cc2C)C1. The van der Waals surface area contributed by atoms with E-state index in [9.17, 15) is 9.18 Å². The van der Waals surface area contributed by atoms with Crippen LogP contribution in [0, 0.1) is 12.7 Å². The van der Waals surface area contributed by atoms with E-state index < -0.39 is 0 Å². The first-order valence-electron chi connectivity index (χ1n) is 9.16. The van der Waals surface area contributed by atoms with Crippen LogP contribution in [-0.4, -0.2) is 63.1 Å². The first-order valence-corrected chi connectivity index (χ1v) is 9.16. The van der Waals surface area contributed by atoms with E-state index in [4.69, 9.17) is 0 Å². The van der Waals surface area contributed by atoms with Gasteiger partial charge in [0.15, 0.2) is 5.96 Å². The third-order valence-corrected chi connectivity index (χ3v) is 4.48. The fourth-order valence-electron chi connectivity index (χ4n) is 3.09. The highest BCUT2D eigenvalue weighted by Crippen LogP contribution is 2.24. The average Bonchev–Trinajstić information content (AvgIpc) is 2.59. The van der Waals surface area contributed by atoms with E-state index >= 15 is 0 Å². The summed E-state index contributed by atoms with van der Waals surface area (Å²) in [6.45, 7) is 6.56. The van der Waals surface area contributed by atoms with Crippen molar-refractivity contribution in [3.63, 3.8) is 0 Å². The van der Waals surface area contributed by atoms with Crippen molar-refractivity contribution in [2.75, 3.05) is 45.2 Å². The normalized spacial score (nSPS) is 17.8. The second kappa shape index (κ2) is 9.40. The molecule has 2 rings (SSSR count). The maximum atomic E-state index is 13.4. The molecule has 1 amide bonds. The van der Waals surface area contributed by atoms with E-state index in [-0.39, 0.29) is 24.3 Å². The molecule has 0 aromatic heterocycles. The molecule has 1 aliphatic rings. The molecule has 0 bridgehead atoms. The van der Waals surface area contributed by atoms with Gasteiger partial charge in [-0.3, -0.25) is 4.79 Å². The third kappa shape index (κ3) is 5.61. The summed E-state index contributed by atoms with van der Waals surface area (Å²) in [5.74, 6) is 0.421. The van der Waals surface area contributed by atoms with Crippen molar-refractivity contribution in [3.8, 4) is 0 Å². The van der Waals surface area contributed by atoms with Crippen LogP contribution < -0.4 is 15.5 Å². The number of amides is 1. The van der Waals surface area contributed by atoms with Crippen molar-refractivity contribution in [1.82, 2.24) is 15.5 Å². The molecular weight excluding hydrogens is 333 g/mol. The lowest BCUT2D eigenvalue weighted by molar-refractivity contribution is -0.127. The summed E-state index contributed by atoms with van der Waals surface area (Å²) >= 11 is 0. The van der Waals surface area contributed by atoms with Gasteiger partial charge < -0.3 is 20.4 Å². The number of benzene rings is 1. The molecule has 1 aromatic carbocycles. The molecular formula is C19H30FN5O. The van der Waals surface area contributed by atoms with E-state index in [1.165, 1.54) is 11.0 Å². The topological polar surface area (TPSA) is 60.0 Å². The van der Waals surface area contributed by atoms with Gasteiger partial charge in [-0.05, 0) is 50.5 Å². The second-order valence-electron chi connectivity index (χ2n) is 6.84. The van der Waals surface area contributed by atoms with Gasteiger partial charge in [-0.25, -0.2) is 9.38 Å². The number of hydrogen-bond donors (Lipinski definition) is 2. The van der Waals surface area contributed by atoms with Crippen LogP contribution in [0.5, 0.6) is 0 Å². The number of piperidine rings is 1. The van der Waals surface area contributed by atoms with Gasteiger partial charge in [0.1, 0.15) is 12.4 Å². The van der Waals surface area contributed by atoms with Crippen molar-refractivity contribution in [2.24, 2.45) is 4.99 Å². The Morgan fingerprint density at radius 1 is 1.42 bits per heavy atom. The summed E-state index contributed by atoms with van der Waals surface area (Å²) in [7, 11) is 3.45. The first kappa shape index (κ1) is 20.0. The maximum Gasteiger partial charge on any atom is 0.243 e. The molecule has 6 nitrogen and oxygen atoms in total. The highest BCUT2D eigenvalue weighted by molar-refractivity contribution is 5.85. The van der Waals surface area contributed by atoms with Gasteiger partial charge in [0.2, 0.25) is 5.91 Å². The second-order valence-corrected chi connectivity index (χ2v) is 6.84. The van der Waals surface area contributed by atoms with Gasteiger partial charge in [0.05, 0.1) is 0 Å². The molecule has 1 aliphatic heterocycles. The number of anilines is 1. The Hall–Kier alpha value is -2.31. The van der Waals surface area contributed by atoms with Crippen LogP contribution in [-0.2, 0) is 4.79 Å². The zero-order valence-corrected chi connectivity index (χ0v) is 16.2. The summed E-state index contributed by atoms with van der Waals surface area (Å²) in [6.07, 6.45) is 2.08. The number of nitrogens with one attached hydrogen (secondary N) is 2. The first-order chi connectivity index (χ1) is 12.4. The minimum absolute atomic E-state index is 0.0330. The van der Waals surface area contributed by atoms with Gasteiger partial charge in [-0.2, -0.15) is 0 Å². The van der Waals surface area contributed by atoms with Crippen molar-refractivity contribution in [1.29, 1.82) is 0 Å². The molecule has 1 aromatic rings. The van der Waals surface area contributed by atoms with Gasteiger partial charge in [-0.15, -0.1) is 0 Å². The molecule has 0 aliphatic carbocycles. The fraction of sp³-hybridized carbons (Fsp3) is 0.579. The highest BCUT2D eigenvalue weighted by atomic mass is 19.1. The molecule has 1 fully saturated rings. The monoisotopic (exact) mass is 363 g/mol. The van der Waals surface area contributed by atoms with Gasteiger partial charge in [0.25, 0.3) is 0 Å². The Bertz CT molecular complexity index is 647. The van der Waals surface area contributed by atoms with Crippen LogP contribution in [0.2, 0.25) is 0 Å². The number of aryl methyl sites for hydroxylation is 1. The molecule has 1 heterocycles. The lowest BCUT2D eigenvalue weighted by Crippen LogP contribution is -2.51. The van der Waals surface area contributed by atoms with Crippen LogP contribution in [0.25, 0.3) is 0 Å². The van der Waals surface area contributed by atoms with Crippen molar-refractivity contribution in [3.05, 3.63) is 29.6 Å². The number of hydrogen-bond acceptors (Lipinski definition) is 3. The van der Waals surface area contributed by atoms with Crippen LogP contribution in [0.3, 0.4) is 0 Å². The lowest BCUT2D eigenvalue weighted by Gasteiger charge is -2.36. The molecule has 1 unspecified atom stereocenters. The number of aliphatic imine (C=N–C) groups is 1. The maximum absolute atomic E-state index is 13.4. The Morgan fingerprint density at radius 2 is 2.19 bits per heavy atom. The van der Waals surface area contributed by atoms with Crippen LogP contribution in [0.15, 0.2) is 23.2 Å². The Morgan fingerprint density at radius 3 is 2.85 bits per heavy atom. The summed E-state index contributed by atoms with van der Waals surface area (Å²) in [5, 5.41) is 6.63. The molecule has 7 heteroatoms. The number of rotatable bonds is 5. The largest absolute Gasteiger partial charge is 0.369 e. The van der Waals surface area contributed by atoms with E-state index in [1.807, 2.05) is 19.9 Å². The molecule has 2 N–H and O–H groups in total. The van der Waals surface area contributed by atoms with Crippen LogP contribution in [0.1, 0.15) is 25.3 Å². The summed E-state index contributed by atoms with van der Waals surface area (Å²) in [5.41, 5.74) is 2.02. The number of halogens is 1. The smallest absolute Gasteiger partial charge is 0.243 e. The summed E-state index contributed by atoms with van der Waals surface area (Å²) in [4.78, 5) is 20.0. The summed E-state index contributed by atoms with van der Waals surface area (Å²) < 4.78 is 13.4. The minimum Gasteiger partial charge on any atom is -0.369 e. The molecule has 1 saturated heterocycles. The number of nitrogens with zero attached hydrogens (tertiary/aromatic N) is 3. The minimum atomic E-state index is -0.204. The lowest BCUT2D eigenvalue weighted by atomic mass is 10.0. The third-order valence-electron chi connectivity index (χ3n) is 4.48. The highest BCUT2D eigenvalue weighted by Gasteiger charge is 2.22. The molecule has 0 radical (unpaired) electrons.